The fourth-order valence-electron chi connectivity index (χ4n) is 2.52. The summed E-state index contributed by atoms with van der Waals surface area (Å²) < 4.78 is 14.6. The highest BCUT2D eigenvalue weighted by Gasteiger charge is 2.31. The standard InChI is InChI=1S/C16H18FNOS/c1-9(2)11-6-7-13(17)15-12(11)8-14(20-15)16(19)18(3)10-4-5-10/h6-10H,4-5H2,1-3H3. The fourth-order valence-corrected chi connectivity index (χ4v) is 3.60. The van der Waals surface area contributed by atoms with Crippen LogP contribution < -0.4 is 0 Å². The van der Waals surface area contributed by atoms with E-state index < -0.39 is 0 Å². The first kappa shape index (κ1) is 13.6. The number of nitrogens with zero attached hydrogens (tertiary/aromatic N) is 1. The summed E-state index contributed by atoms with van der Waals surface area (Å²) in [6, 6.07) is 5.57. The van der Waals surface area contributed by atoms with E-state index in [9.17, 15) is 9.18 Å². The number of hydrogen-bond acceptors (Lipinski definition) is 2. The van der Waals surface area contributed by atoms with E-state index in [4.69, 9.17) is 0 Å². The molecule has 1 aliphatic rings. The predicted octanol–water partition coefficient (Wildman–Crippen LogP) is 4.40. The maximum absolute atomic E-state index is 14.0. The molecule has 1 fully saturated rings. The zero-order valence-electron chi connectivity index (χ0n) is 11.9. The van der Waals surface area contributed by atoms with Crippen molar-refractivity contribution in [3.63, 3.8) is 0 Å². The Labute approximate surface area is 122 Å². The van der Waals surface area contributed by atoms with Crippen molar-refractivity contribution >= 4 is 27.3 Å². The Morgan fingerprint density at radius 2 is 2.10 bits per heavy atom. The highest BCUT2D eigenvalue weighted by Crippen LogP contribution is 2.35. The summed E-state index contributed by atoms with van der Waals surface area (Å²) >= 11 is 1.27. The fraction of sp³-hybridized carbons (Fsp3) is 0.438. The van der Waals surface area contributed by atoms with Crippen molar-refractivity contribution < 1.29 is 9.18 Å². The number of carbonyl (C=O) groups excluding carboxylic acids is 1. The highest BCUT2D eigenvalue weighted by molar-refractivity contribution is 7.20. The van der Waals surface area contributed by atoms with Gasteiger partial charge in [-0.25, -0.2) is 4.39 Å². The van der Waals surface area contributed by atoms with E-state index in [1.165, 1.54) is 17.4 Å². The molecule has 1 amide bonds. The molecule has 0 radical (unpaired) electrons. The van der Waals surface area contributed by atoms with Gasteiger partial charge < -0.3 is 4.90 Å². The highest BCUT2D eigenvalue weighted by atomic mass is 32.1. The van der Waals surface area contributed by atoms with E-state index in [1.54, 1.807) is 4.90 Å². The minimum Gasteiger partial charge on any atom is -0.338 e. The molecular formula is C16H18FNOS. The quantitative estimate of drug-likeness (QED) is 0.821. The second-order valence-corrected chi connectivity index (χ2v) is 6.84. The lowest BCUT2D eigenvalue weighted by atomic mass is 9.99. The Hall–Kier alpha value is -1.42. The lowest BCUT2D eigenvalue weighted by molar-refractivity contribution is 0.0790. The number of fused-ring (bicyclic) bond motifs is 1. The molecular weight excluding hydrogens is 273 g/mol. The van der Waals surface area contributed by atoms with Gasteiger partial charge in [-0.15, -0.1) is 11.3 Å². The van der Waals surface area contributed by atoms with Crippen LogP contribution in [0, 0.1) is 5.82 Å². The molecule has 0 saturated heterocycles. The van der Waals surface area contributed by atoms with Crippen molar-refractivity contribution in [3.05, 3.63) is 34.5 Å². The molecule has 1 aromatic heterocycles. The average Bonchev–Trinajstić information content (AvgIpc) is 3.16. The molecule has 0 atom stereocenters. The maximum Gasteiger partial charge on any atom is 0.263 e. The minimum absolute atomic E-state index is 0.0165. The number of halogens is 1. The second kappa shape index (κ2) is 4.85. The first-order valence-electron chi connectivity index (χ1n) is 6.98. The van der Waals surface area contributed by atoms with Crippen LogP contribution in [0.4, 0.5) is 4.39 Å². The summed E-state index contributed by atoms with van der Waals surface area (Å²) in [5.41, 5.74) is 1.10. The molecule has 106 valence electrons. The van der Waals surface area contributed by atoms with Crippen LogP contribution in [0.3, 0.4) is 0 Å². The number of rotatable bonds is 3. The topological polar surface area (TPSA) is 20.3 Å². The molecule has 1 heterocycles. The van der Waals surface area contributed by atoms with Gasteiger partial charge in [0.25, 0.3) is 5.91 Å². The van der Waals surface area contributed by atoms with E-state index in [0.29, 0.717) is 21.5 Å². The molecule has 20 heavy (non-hydrogen) atoms. The smallest absolute Gasteiger partial charge is 0.263 e. The first-order valence-corrected chi connectivity index (χ1v) is 7.79. The van der Waals surface area contributed by atoms with Gasteiger partial charge in [0, 0.05) is 13.1 Å². The van der Waals surface area contributed by atoms with E-state index >= 15 is 0 Å². The minimum atomic E-state index is -0.234. The Bertz CT molecular complexity index is 672. The summed E-state index contributed by atoms with van der Waals surface area (Å²) in [4.78, 5) is 14.8. The Morgan fingerprint density at radius 3 is 2.70 bits per heavy atom. The molecule has 0 bridgehead atoms. The van der Waals surface area contributed by atoms with Gasteiger partial charge in [0.15, 0.2) is 0 Å². The van der Waals surface area contributed by atoms with Crippen LogP contribution >= 0.6 is 11.3 Å². The van der Waals surface area contributed by atoms with Crippen LogP contribution in [0.15, 0.2) is 18.2 Å². The molecule has 0 unspecified atom stereocenters. The summed E-state index contributed by atoms with van der Waals surface area (Å²) in [5.74, 6) is 0.0992. The summed E-state index contributed by atoms with van der Waals surface area (Å²) in [7, 11) is 1.84. The maximum atomic E-state index is 14.0. The van der Waals surface area contributed by atoms with Gasteiger partial charge in [-0.1, -0.05) is 19.9 Å². The molecule has 2 aromatic rings. The van der Waals surface area contributed by atoms with Crippen molar-refractivity contribution in [1.29, 1.82) is 0 Å². The molecule has 0 N–H and O–H groups in total. The zero-order valence-corrected chi connectivity index (χ0v) is 12.8. The van der Waals surface area contributed by atoms with Gasteiger partial charge in [0.1, 0.15) is 5.82 Å². The third-order valence-electron chi connectivity index (χ3n) is 3.92. The van der Waals surface area contributed by atoms with Crippen LogP contribution in [-0.4, -0.2) is 23.9 Å². The second-order valence-electron chi connectivity index (χ2n) is 5.79. The molecule has 1 aromatic carbocycles. The van der Waals surface area contributed by atoms with Gasteiger partial charge in [-0.2, -0.15) is 0 Å². The van der Waals surface area contributed by atoms with Gasteiger partial charge in [-0.05, 0) is 41.8 Å². The number of carbonyl (C=O) groups is 1. The molecule has 4 heteroatoms. The van der Waals surface area contributed by atoms with Gasteiger partial charge in [0.2, 0.25) is 0 Å². The lowest BCUT2D eigenvalue weighted by Crippen LogP contribution is -2.27. The molecule has 0 aliphatic heterocycles. The van der Waals surface area contributed by atoms with Crippen molar-refractivity contribution in [3.8, 4) is 0 Å². The van der Waals surface area contributed by atoms with Crippen LogP contribution in [0.25, 0.3) is 10.1 Å². The SMILES string of the molecule is CC(C)c1ccc(F)c2sc(C(=O)N(C)C3CC3)cc12. The van der Waals surface area contributed by atoms with Gasteiger partial charge in [0.05, 0.1) is 9.58 Å². The molecule has 2 nitrogen and oxygen atoms in total. The summed E-state index contributed by atoms with van der Waals surface area (Å²) in [5, 5.41) is 0.887. The third-order valence-corrected chi connectivity index (χ3v) is 5.05. The van der Waals surface area contributed by atoms with Crippen molar-refractivity contribution in [2.75, 3.05) is 7.05 Å². The van der Waals surface area contributed by atoms with Crippen LogP contribution in [0.5, 0.6) is 0 Å². The normalized spacial score (nSPS) is 15.1. The molecule has 3 rings (SSSR count). The molecule has 0 spiro atoms. The summed E-state index contributed by atoms with van der Waals surface area (Å²) in [6.45, 7) is 4.17. The molecule has 1 saturated carbocycles. The number of benzene rings is 1. The van der Waals surface area contributed by atoms with Gasteiger partial charge >= 0.3 is 0 Å². The van der Waals surface area contributed by atoms with Crippen LogP contribution in [0.1, 0.15) is 47.8 Å². The van der Waals surface area contributed by atoms with E-state index in [-0.39, 0.29) is 11.7 Å². The largest absolute Gasteiger partial charge is 0.338 e. The predicted molar refractivity (Wildman–Crippen MR) is 81.0 cm³/mol. The third kappa shape index (κ3) is 2.22. The zero-order chi connectivity index (χ0) is 14.4. The summed E-state index contributed by atoms with van der Waals surface area (Å²) in [6.07, 6.45) is 2.16. The Kier molecular flexibility index (Phi) is 3.28. The first-order chi connectivity index (χ1) is 9.49. The Balaban J connectivity index is 2.07. The van der Waals surface area contributed by atoms with E-state index in [2.05, 4.69) is 13.8 Å². The van der Waals surface area contributed by atoms with Crippen molar-refractivity contribution in [2.24, 2.45) is 0 Å². The van der Waals surface area contributed by atoms with E-state index in [1.807, 2.05) is 19.2 Å². The number of thiophene rings is 1. The lowest BCUT2D eigenvalue weighted by Gasteiger charge is -2.14. The van der Waals surface area contributed by atoms with Crippen LogP contribution in [-0.2, 0) is 0 Å². The number of hydrogen-bond donors (Lipinski definition) is 0. The monoisotopic (exact) mass is 291 g/mol. The number of amides is 1. The molecule has 1 aliphatic carbocycles. The average molecular weight is 291 g/mol. The van der Waals surface area contributed by atoms with Crippen LogP contribution in [0.2, 0.25) is 0 Å². The van der Waals surface area contributed by atoms with Crippen molar-refractivity contribution in [1.82, 2.24) is 4.90 Å². The van der Waals surface area contributed by atoms with Crippen molar-refractivity contribution in [2.45, 2.75) is 38.6 Å². The van der Waals surface area contributed by atoms with Gasteiger partial charge in [-0.3, -0.25) is 4.79 Å². The van der Waals surface area contributed by atoms with E-state index in [0.717, 1.165) is 23.8 Å². The Morgan fingerprint density at radius 1 is 1.40 bits per heavy atom.